The highest BCUT2D eigenvalue weighted by molar-refractivity contribution is 7.21. The fourth-order valence-electron chi connectivity index (χ4n) is 5.58. The number of hydrogen-bond donors (Lipinski definition) is 0. The molecule has 4 aromatic carbocycles. The molecule has 0 aliphatic carbocycles. The Hall–Kier alpha value is -4.54. The Labute approximate surface area is 211 Å². The van der Waals surface area contributed by atoms with Crippen LogP contribution in [0.5, 0.6) is 0 Å². The van der Waals surface area contributed by atoms with E-state index >= 15 is 0 Å². The summed E-state index contributed by atoms with van der Waals surface area (Å²) in [7, 11) is -2.75. The van der Waals surface area contributed by atoms with E-state index in [1.54, 1.807) is 0 Å². The molecule has 0 bridgehead atoms. The third-order valence-corrected chi connectivity index (χ3v) is 11.7. The number of hydrogen-bond acceptors (Lipinski definition) is 2. The van der Waals surface area contributed by atoms with Gasteiger partial charge in [-0.05, 0) is 51.8 Å². The van der Waals surface area contributed by atoms with E-state index in [1.807, 2.05) is 16.8 Å². The van der Waals surface area contributed by atoms with Crippen LogP contribution in [0.1, 0.15) is 0 Å². The summed E-state index contributed by atoms with van der Waals surface area (Å²) in [4.78, 5) is 5.37. The fraction of sp³-hybridized carbons (Fsp3) is 0. The molecule has 3 heterocycles. The van der Waals surface area contributed by atoms with Gasteiger partial charge in [-0.1, -0.05) is 103 Å². The first-order chi connectivity index (χ1) is 17.9. The van der Waals surface area contributed by atoms with E-state index in [4.69, 9.17) is 10.1 Å². The van der Waals surface area contributed by atoms with Crippen molar-refractivity contribution in [1.82, 2.24) is 14.8 Å². The minimum atomic E-state index is -2.75. The molecule has 0 fully saturated rings. The Kier molecular flexibility index (Phi) is 4.79. The predicted molar refractivity (Wildman–Crippen MR) is 149 cm³/mol. The third-order valence-electron chi connectivity index (χ3n) is 7.15. The number of nitrogens with zero attached hydrogens (tertiary/aromatic N) is 3. The van der Waals surface area contributed by atoms with Gasteiger partial charge in [-0.3, -0.25) is 4.98 Å². The lowest BCUT2D eigenvalue weighted by atomic mass is 10.1. The summed E-state index contributed by atoms with van der Waals surface area (Å²) < 4.78 is 1.99. The van der Waals surface area contributed by atoms with Gasteiger partial charge in [0.2, 0.25) is 8.07 Å². The quantitative estimate of drug-likeness (QED) is 0.354. The zero-order valence-corrected chi connectivity index (χ0v) is 20.6. The van der Waals surface area contributed by atoms with Crippen molar-refractivity contribution in [2.45, 2.75) is 0 Å². The van der Waals surface area contributed by atoms with Crippen LogP contribution in [-0.2, 0) is 0 Å². The molecule has 4 heteroatoms. The molecule has 0 spiro atoms. The van der Waals surface area contributed by atoms with Crippen molar-refractivity contribution >= 4 is 29.1 Å². The molecule has 0 saturated carbocycles. The number of aromatic nitrogens is 3. The van der Waals surface area contributed by atoms with Crippen LogP contribution < -0.4 is 21.0 Å². The van der Waals surface area contributed by atoms with Crippen molar-refractivity contribution in [2.24, 2.45) is 0 Å². The molecular weight excluding hydrogens is 454 g/mol. The second-order valence-corrected chi connectivity index (χ2v) is 12.7. The highest BCUT2D eigenvalue weighted by atomic mass is 28.3. The van der Waals surface area contributed by atoms with Crippen molar-refractivity contribution in [3.05, 3.63) is 140 Å². The zero-order chi connectivity index (χ0) is 24.0. The first kappa shape index (κ1) is 20.8. The van der Waals surface area contributed by atoms with Gasteiger partial charge in [0.1, 0.15) is 0 Å². The lowest BCUT2D eigenvalue weighted by Gasteiger charge is -2.28. The van der Waals surface area contributed by atoms with Crippen LogP contribution in [0.3, 0.4) is 0 Å². The van der Waals surface area contributed by atoms with E-state index in [-0.39, 0.29) is 0 Å². The lowest BCUT2D eigenvalue weighted by molar-refractivity contribution is 0.891. The molecule has 170 valence electrons. The van der Waals surface area contributed by atoms with E-state index in [1.165, 1.54) is 21.5 Å². The van der Waals surface area contributed by atoms with Gasteiger partial charge in [0.05, 0.1) is 16.7 Å². The van der Waals surface area contributed by atoms with Crippen LogP contribution in [0.4, 0.5) is 0 Å². The average molecular weight is 478 g/mol. The second-order valence-electron chi connectivity index (χ2n) is 9.10. The number of para-hydroxylation sites is 1. The molecule has 7 rings (SSSR count). The van der Waals surface area contributed by atoms with Gasteiger partial charge >= 0.3 is 0 Å². The van der Waals surface area contributed by atoms with Gasteiger partial charge in [-0.15, -0.1) is 0 Å². The Morgan fingerprint density at radius 2 is 1.11 bits per heavy atom. The molecule has 3 nitrogen and oxygen atoms in total. The highest BCUT2D eigenvalue weighted by Gasteiger charge is 2.51. The minimum absolute atomic E-state index is 0.990. The Balaban J connectivity index is 1.54. The van der Waals surface area contributed by atoms with Crippen molar-refractivity contribution in [3.8, 4) is 28.1 Å². The van der Waals surface area contributed by atoms with Gasteiger partial charge in [0.25, 0.3) is 0 Å². The largest absolute Gasteiger partial charge is 0.256 e. The van der Waals surface area contributed by atoms with Crippen LogP contribution in [0.25, 0.3) is 28.1 Å². The molecule has 0 N–H and O–H groups in total. The standard InChI is InChI=1S/C32H23N3Si/c1-3-12-24(13-4-1)28-18-11-21-31(33-28)36(32-22-23-35(34-32)25-14-5-2-6-15-25)29-19-9-7-16-26(29)27-17-8-10-20-30(27)36/h1-23H. The highest BCUT2D eigenvalue weighted by Crippen LogP contribution is 2.28. The maximum absolute atomic E-state index is 5.37. The summed E-state index contributed by atoms with van der Waals surface area (Å²) in [5.41, 5.74) is 5.75. The average Bonchev–Trinajstić information content (AvgIpc) is 3.56. The molecule has 0 saturated heterocycles. The minimum Gasteiger partial charge on any atom is -0.256 e. The second kappa shape index (κ2) is 8.29. The molecule has 6 aromatic rings. The Morgan fingerprint density at radius 1 is 0.500 bits per heavy atom. The van der Waals surface area contributed by atoms with E-state index in [9.17, 15) is 0 Å². The molecule has 0 amide bonds. The molecule has 0 atom stereocenters. The monoisotopic (exact) mass is 477 g/mol. The van der Waals surface area contributed by atoms with Gasteiger partial charge in [-0.2, -0.15) is 5.10 Å². The normalized spacial score (nSPS) is 13.2. The third kappa shape index (κ3) is 3.05. The van der Waals surface area contributed by atoms with Gasteiger partial charge < -0.3 is 0 Å². The maximum atomic E-state index is 5.37. The van der Waals surface area contributed by atoms with Crippen LogP contribution >= 0.6 is 0 Å². The lowest BCUT2D eigenvalue weighted by Crippen LogP contribution is -2.74. The number of rotatable bonds is 4. The van der Waals surface area contributed by atoms with Crippen LogP contribution in [0.15, 0.2) is 140 Å². The van der Waals surface area contributed by atoms with Gasteiger partial charge in [0, 0.05) is 17.1 Å². The summed E-state index contributed by atoms with van der Waals surface area (Å²) in [5.74, 6) is 0. The predicted octanol–water partition coefficient (Wildman–Crippen LogP) is 4.29. The molecule has 2 aromatic heterocycles. The van der Waals surface area contributed by atoms with Gasteiger partial charge in [0.15, 0.2) is 0 Å². The van der Waals surface area contributed by atoms with E-state index in [0.29, 0.717) is 0 Å². The molecule has 1 aliphatic rings. The van der Waals surface area contributed by atoms with E-state index < -0.39 is 8.07 Å². The Bertz CT molecular complexity index is 1640. The SMILES string of the molecule is c1ccc(-c2cccc([Si]3(c4ccn(-c5ccccc5)n4)c4ccccc4-c4ccccc43)n2)cc1. The van der Waals surface area contributed by atoms with Gasteiger partial charge in [-0.25, -0.2) is 4.68 Å². The van der Waals surface area contributed by atoms with Crippen molar-refractivity contribution in [2.75, 3.05) is 0 Å². The fourth-order valence-corrected chi connectivity index (χ4v) is 10.4. The molecule has 0 radical (unpaired) electrons. The summed E-state index contributed by atoms with van der Waals surface area (Å²) in [6.45, 7) is 0. The van der Waals surface area contributed by atoms with E-state index in [0.717, 1.165) is 27.6 Å². The Morgan fingerprint density at radius 3 is 1.81 bits per heavy atom. The van der Waals surface area contributed by atoms with Crippen molar-refractivity contribution in [3.63, 3.8) is 0 Å². The van der Waals surface area contributed by atoms with Crippen LogP contribution in [0, 0.1) is 0 Å². The number of fused-ring (bicyclic) bond motifs is 3. The summed E-state index contributed by atoms with van der Waals surface area (Å²) in [6.07, 6.45) is 2.09. The number of benzene rings is 4. The summed E-state index contributed by atoms with van der Waals surface area (Å²) in [6, 6.07) is 47.1. The van der Waals surface area contributed by atoms with Crippen LogP contribution in [-0.4, -0.2) is 22.8 Å². The van der Waals surface area contributed by atoms with Crippen LogP contribution in [0.2, 0.25) is 0 Å². The first-order valence-electron chi connectivity index (χ1n) is 12.2. The molecule has 36 heavy (non-hydrogen) atoms. The smallest absolute Gasteiger partial charge is 0.226 e. The maximum Gasteiger partial charge on any atom is 0.226 e. The number of pyridine rings is 1. The zero-order valence-electron chi connectivity index (χ0n) is 19.6. The molecule has 0 unspecified atom stereocenters. The van der Waals surface area contributed by atoms with Crippen molar-refractivity contribution < 1.29 is 0 Å². The summed E-state index contributed by atoms with van der Waals surface area (Å²) >= 11 is 0. The molecule has 1 aliphatic heterocycles. The first-order valence-corrected chi connectivity index (χ1v) is 14.2. The topological polar surface area (TPSA) is 30.7 Å². The summed E-state index contributed by atoms with van der Waals surface area (Å²) in [5, 5.41) is 10.2. The molecular formula is C32H23N3Si. The van der Waals surface area contributed by atoms with E-state index in [2.05, 4.69) is 128 Å². The van der Waals surface area contributed by atoms with Crippen molar-refractivity contribution in [1.29, 1.82) is 0 Å².